The van der Waals surface area contributed by atoms with Crippen LogP contribution in [0.2, 0.25) is 0 Å². The quantitative estimate of drug-likeness (QED) is 0.829. The van der Waals surface area contributed by atoms with Crippen LogP contribution in [0.3, 0.4) is 0 Å². The van der Waals surface area contributed by atoms with Crippen LogP contribution in [0.4, 0.5) is 18.0 Å². The van der Waals surface area contributed by atoms with Gasteiger partial charge in [0.15, 0.2) is 0 Å². The fourth-order valence-corrected chi connectivity index (χ4v) is 3.99. The second kappa shape index (κ2) is 8.31. The van der Waals surface area contributed by atoms with Gasteiger partial charge in [-0.2, -0.15) is 13.2 Å². The summed E-state index contributed by atoms with van der Waals surface area (Å²) in [5, 5.41) is 4.99. The summed E-state index contributed by atoms with van der Waals surface area (Å²) in [6, 6.07) is 6.80. The molecule has 2 amide bonds. The standard InChI is InChI=1S/C19H22F3N3OS/c1-24(12-14-2-4-16(5-3-14)19(20,21)22)18(26)23-8-10-25-9-6-17-15(13-25)7-11-27-17/h2-5,7,11H,6,8-10,12-13H2,1H3,(H,23,26). The number of alkyl halides is 3. The summed E-state index contributed by atoms with van der Waals surface area (Å²) in [5.41, 5.74) is 1.34. The average molecular weight is 397 g/mol. The van der Waals surface area contributed by atoms with Gasteiger partial charge in [-0.3, -0.25) is 4.90 Å². The number of fused-ring (bicyclic) bond motifs is 1. The Labute approximate surface area is 160 Å². The normalized spacial score (nSPS) is 14.7. The fourth-order valence-electron chi connectivity index (χ4n) is 3.10. The number of carbonyl (C=O) groups is 1. The average Bonchev–Trinajstić information content (AvgIpc) is 3.09. The minimum Gasteiger partial charge on any atom is -0.337 e. The van der Waals surface area contributed by atoms with Crippen LogP contribution in [0.1, 0.15) is 21.6 Å². The summed E-state index contributed by atoms with van der Waals surface area (Å²) in [5.74, 6) is 0. The number of carbonyl (C=O) groups excluding carboxylic acids is 1. The van der Waals surface area contributed by atoms with Crippen molar-refractivity contribution >= 4 is 17.4 Å². The van der Waals surface area contributed by atoms with E-state index < -0.39 is 11.7 Å². The van der Waals surface area contributed by atoms with Crippen molar-refractivity contribution in [3.63, 3.8) is 0 Å². The minimum absolute atomic E-state index is 0.233. The van der Waals surface area contributed by atoms with Gasteiger partial charge in [0.25, 0.3) is 0 Å². The van der Waals surface area contributed by atoms with Crippen molar-refractivity contribution in [3.05, 3.63) is 57.3 Å². The Hall–Kier alpha value is -2.06. The van der Waals surface area contributed by atoms with Crippen molar-refractivity contribution < 1.29 is 18.0 Å². The Kier molecular flexibility index (Phi) is 6.06. The number of hydrogen-bond acceptors (Lipinski definition) is 3. The van der Waals surface area contributed by atoms with Crippen molar-refractivity contribution in [1.29, 1.82) is 0 Å². The second-order valence-corrected chi connectivity index (χ2v) is 7.68. The van der Waals surface area contributed by atoms with Crippen LogP contribution in [0.15, 0.2) is 35.7 Å². The van der Waals surface area contributed by atoms with Gasteiger partial charge in [0.1, 0.15) is 0 Å². The van der Waals surface area contributed by atoms with E-state index in [1.54, 1.807) is 18.4 Å². The summed E-state index contributed by atoms with van der Waals surface area (Å²) in [6.07, 6.45) is -3.30. The third-order valence-corrected chi connectivity index (χ3v) is 5.66. The number of amides is 2. The van der Waals surface area contributed by atoms with E-state index in [0.717, 1.165) is 38.2 Å². The molecule has 146 valence electrons. The Morgan fingerprint density at radius 3 is 2.70 bits per heavy atom. The Morgan fingerprint density at radius 1 is 1.26 bits per heavy atom. The van der Waals surface area contributed by atoms with E-state index in [9.17, 15) is 18.0 Å². The van der Waals surface area contributed by atoms with Gasteiger partial charge in [-0.15, -0.1) is 11.3 Å². The zero-order chi connectivity index (χ0) is 19.4. The largest absolute Gasteiger partial charge is 0.416 e. The third-order valence-electron chi connectivity index (χ3n) is 4.64. The molecule has 3 rings (SSSR count). The van der Waals surface area contributed by atoms with Gasteiger partial charge < -0.3 is 10.2 Å². The van der Waals surface area contributed by atoms with Crippen molar-refractivity contribution in [3.8, 4) is 0 Å². The van der Waals surface area contributed by atoms with Crippen molar-refractivity contribution in [2.45, 2.75) is 25.7 Å². The number of halogens is 3. The van der Waals surface area contributed by atoms with E-state index in [-0.39, 0.29) is 12.6 Å². The molecule has 4 nitrogen and oxygen atoms in total. The number of urea groups is 1. The lowest BCUT2D eigenvalue weighted by atomic mass is 10.1. The first-order valence-corrected chi connectivity index (χ1v) is 9.63. The molecule has 0 bridgehead atoms. The predicted molar refractivity (Wildman–Crippen MR) is 99.6 cm³/mol. The van der Waals surface area contributed by atoms with Crippen molar-refractivity contribution in [2.75, 3.05) is 26.7 Å². The number of thiophene rings is 1. The molecular weight excluding hydrogens is 375 g/mol. The Morgan fingerprint density at radius 2 is 2.00 bits per heavy atom. The highest BCUT2D eigenvalue weighted by Gasteiger charge is 2.30. The highest BCUT2D eigenvalue weighted by atomic mass is 32.1. The van der Waals surface area contributed by atoms with E-state index in [1.807, 2.05) is 0 Å². The molecule has 1 aromatic heterocycles. The number of hydrogen-bond donors (Lipinski definition) is 1. The molecule has 0 atom stereocenters. The Bertz CT molecular complexity index is 773. The molecule has 2 heterocycles. The topological polar surface area (TPSA) is 35.6 Å². The molecule has 1 aliphatic heterocycles. The highest BCUT2D eigenvalue weighted by Crippen LogP contribution is 2.29. The first-order chi connectivity index (χ1) is 12.8. The maximum absolute atomic E-state index is 12.6. The van der Waals surface area contributed by atoms with Crippen LogP contribution in [-0.2, 0) is 25.7 Å². The molecule has 0 saturated carbocycles. The highest BCUT2D eigenvalue weighted by molar-refractivity contribution is 7.10. The molecule has 0 unspecified atom stereocenters. The maximum atomic E-state index is 12.6. The van der Waals surface area contributed by atoms with Crippen LogP contribution in [0.25, 0.3) is 0 Å². The van der Waals surface area contributed by atoms with E-state index in [0.29, 0.717) is 12.1 Å². The molecule has 0 saturated heterocycles. The van der Waals surface area contributed by atoms with E-state index >= 15 is 0 Å². The molecule has 0 spiro atoms. The van der Waals surface area contributed by atoms with Gasteiger partial charge in [0.2, 0.25) is 0 Å². The van der Waals surface area contributed by atoms with Crippen molar-refractivity contribution in [1.82, 2.24) is 15.1 Å². The third kappa shape index (κ3) is 5.23. The molecule has 1 N–H and O–H groups in total. The van der Waals surface area contributed by atoms with Gasteiger partial charge in [0.05, 0.1) is 5.56 Å². The number of nitrogens with zero attached hydrogens (tertiary/aromatic N) is 2. The molecular formula is C19H22F3N3OS. The second-order valence-electron chi connectivity index (χ2n) is 6.68. The van der Waals surface area contributed by atoms with Gasteiger partial charge in [0, 0.05) is 44.6 Å². The molecule has 1 aromatic carbocycles. The molecule has 27 heavy (non-hydrogen) atoms. The number of benzene rings is 1. The fraction of sp³-hybridized carbons (Fsp3) is 0.421. The first-order valence-electron chi connectivity index (χ1n) is 8.75. The number of rotatable bonds is 5. The monoisotopic (exact) mass is 397 g/mol. The summed E-state index contributed by atoms with van der Waals surface area (Å²) >= 11 is 1.80. The summed E-state index contributed by atoms with van der Waals surface area (Å²) < 4.78 is 37.8. The smallest absolute Gasteiger partial charge is 0.337 e. The number of nitrogens with one attached hydrogen (secondary N) is 1. The van der Waals surface area contributed by atoms with Gasteiger partial charge in [-0.1, -0.05) is 12.1 Å². The lowest BCUT2D eigenvalue weighted by molar-refractivity contribution is -0.137. The maximum Gasteiger partial charge on any atom is 0.416 e. The molecule has 0 radical (unpaired) electrons. The zero-order valence-corrected chi connectivity index (χ0v) is 15.9. The predicted octanol–water partition coefficient (Wildman–Crippen LogP) is 3.97. The minimum atomic E-state index is -4.35. The van der Waals surface area contributed by atoms with Crippen LogP contribution in [-0.4, -0.2) is 42.5 Å². The van der Waals surface area contributed by atoms with E-state index in [2.05, 4.69) is 21.7 Å². The van der Waals surface area contributed by atoms with E-state index in [4.69, 9.17) is 0 Å². The van der Waals surface area contributed by atoms with Crippen LogP contribution >= 0.6 is 11.3 Å². The summed E-state index contributed by atoms with van der Waals surface area (Å²) in [6.45, 7) is 3.47. The Balaban J connectivity index is 1.42. The van der Waals surface area contributed by atoms with Crippen LogP contribution in [0, 0.1) is 0 Å². The van der Waals surface area contributed by atoms with Crippen LogP contribution < -0.4 is 5.32 Å². The lowest BCUT2D eigenvalue weighted by Crippen LogP contribution is -2.42. The van der Waals surface area contributed by atoms with Gasteiger partial charge in [-0.05, 0) is 41.1 Å². The molecule has 0 aliphatic carbocycles. The first kappa shape index (κ1) is 19.7. The molecule has 8 heteroatoms. The summed E-state index contributed by atoms with van der Waals surface area (Å²) in [7, 11) is 1.63. The molecule has 0 fully saturated rings. The van der Waals surface area contributed by atoms with Gasteiger partial charge in [-0.25, -0.2) is 4.79 Å². The molecule has 2 aromatic rings. The summed E-state index contributed by atoms with van der Waals surface area (Å²) in [4.78, 5) is 17.4. The lowest BCUT2D eigenvalue weighted by Gasteiger charge is -2.27. The van der Waals surface area contributed by atoms with Gasteiger partial charge >= 0.3 is 12.2 Å². The SMILES string of the molecule is CN(Cc1ccc(C(F)(F)F)cc1)C(=O)NCCN1CCc2sccc2C1. The van der Waals surface area contributed by atoms with Crippen LogP contribution in [0.5, 0.6) is 0 Å². The van der Waals surface area contributed by atoms with Crippen molar-refractivity contribution in [2.24, 2.45) is 0 Å². The zero-order valence-electron chi connectivity index (χ0n) is 15.1. The van der Waals surface area contributed by atoms with E-state index in [1.165, 1.54) is 27.5 Å². The molecule has 1 aliphatic rings.